The van der Waals surface area contributed by atoms with Gasteiger partial charge in [0, 0.05) is 30.3 Å². The highest BCUT2D eigenvalue weighted by Crippen LogP contribution is 2.68. The molecule has 0 spiro atoms. The molecule has 4 bridgehead atoms. The molecule has 5 fully saturated rings. The highest BCUT2D eigenvalue weighted by molar-refractivity contribution is 5.96. The number of fused-ring (bicyclic) bond motifs is 4. The second-order valence-corrected chi connectivity index (χ2v) is 13.2. The lowest BCUT2D eigenvalue weighted by Gasteiger charge is -2.47. The van der Waals surface area contributed by atoms with E-state index in [0.717, 1.165) is 25.7 Å². The molecular formula is C28H40O6. The SMILES string of the molecule is CC1C(=O)OC(=O)C1C1C2CC(C(=O)C(C)(C)C)C(C2)C1C1C2CC(C(=O)CCO)C(C2)C1C. The normalized spacial score (nSPS) is 47.5. The summed E-state index contributed by atoms with van der Waals surface area (Å²) in [6.45, 7) is 10.00. The van der Waals surface area contributed by atoms with E-state index in [1.165, 1.54) is 0 Å². The molecule has 0 aromatic heterocycles. The predicted octanol–water partition coefficient (Wildman–Crippen LogP) is 3.69. The van der Waals surface area contributed by atoms with Gasteiger partial charge in [0.05, 0.1) is 11.8 Å². The van der Waals surface area contributed by atoms with Gasteiger partial charge in [-0.05, 0) is 73.0 Å². The van der Waals surface area contributed by atoms with Gasteiger partial charge in [0.2, 0.25) is 0 Å². The maximum atomic E-state index is 13.5. The van der Waals surface area contributed by atoms with Crippen LogP contribution < -0.4 is 0 Å². The van der Waals surface area contributed by atoms with Gasteiger partial charge in [0.1, 0.15) is 11.6 Å². The topological polar surface area (TPSA) is 97.7 Å². The van der Waals surface area contributed by atoms with Crippen molar-refractivity contribution in [2.45, 2.75) is 66.7 Å². The van der Waals surface area contributed by atoms with E-state index >= 15 is 0 Å². The van der Waals surface area contributed by atoms with Crippen molar-refractivity contribution in [1.29, 1.82) is 0 Å². The number of esters is 2. The van der Waals surface area contributed by atoms with E-state index in [-0.39, 0.29) is 60.3 Å². The van der Waals surface area contributed by atoms with Crippen LogP contribution in [0.2, 0.25) is 0 Å². The van der Waals surface area contributed by atoms with Crippen molar-refractivity contribution in [3.8, 4) is 0 Å². The molecular weight excluding hydrogens is 432 g/mol. The third-order valence-corrected chi connectivity index (χ3v) is 10.7. The zero-order valence-electron chi connectivity index (χ0n) is 21.2. The Balaban J connectivity index is 1.48. The zero-order valence-corrected chi connectivity index (χ0v) is 21.2. The number of Topliss-reactive ketones (excluding diaryl/α,β-unsaturated/α-hetero) is 2. The van der Waals surface area contributed by atoms with Gasteiger partial charge in [0.25, 0.3) is 0 Å². The first-order chi connectivity index (χ1) is 16.0. The van der Waals surface area contributed by atoms with Gasteiger partial charge in [0.15, 0.2) is 0 Å². The van der Waals surface area contributed by atoms with Crippen molar-refractivity contribution in [3.63, 3.8) is 0 Å². The molecule has 1 saturated heterocycles. The Hall–Kier alpha value is -1.56. The van der Waals surface area contributed by atoms with Crippen LogP contribution in [0, 0.1) is 76.4 Å². The maximum absolute atomic E-state index is 13.5. The second-order valence-electron chi connectivity index (χ2n) is 13.2. The summed E-state index contributed by atoms with van der Waals surface area (Å²) in [6.07, 6.45) is 3.90. The van der Waals surface area contributed by atoms with Crippen LogP contribution in [-0.2, 0) is 23.9 Å². The van der Waals surface area contributed by atoms with Crippen molar-refractivity contribution in [1.82, 2.24) is 0 Å². The minimum Gasteiger partial charge on any atom is -0.396 e. The zero-order chi connectivity index (χ0) is 24.7. The van der Waals surface area contributed by atoms with Crippen LogP contribution in [0.1, 0.15) is 66.7 Å². The molecule has 34 heavy (non-hydrogen) atoms. The number of rotatable bonds is 6. The number of hydrogen-bond acceptors (Lipinski definition) is 6. The Morgan fingerprint density at radius 2 is 1.50 bits per heavy atom. The average molecular weight is 473 g/mol. The first-order valence-electron chi connectivity index (χ1n) is 13.4. The van der Waals surface area contributed by atoms with Crippen LogP contribution in [0.3, 0.4) is 0 Å². The van der Waals surface area contributed by atoms with Crippen molar-refractivity contribution in [2.24, 2.45) is 76.4 Å². The van der Waals surface area contributed by atoms with E-state index in [2.05, 4.69) is 6.92 Å². The van der Waals surface area contributed by atoms with Crippen molar-refractivity contribution in [3.05, 3.63) is 0 Å². The summed E-state index contributed by atoms with van der Waals surface area (Å²) in [5.41, 5.74) is -0.396. The van der Waals surface area contributed by atoms with Crippen molar-refractivity contribution >= 4 is 23.5 Å². The largest absolute Gasteiger partial charge is 0.396 e. The number of cyclic esters (lactones) is 2. The molecule has 0 amide bonds. The van der Waals surface area contributed by atoms with Gasteiger partial charge in [-0.25, -0.2) is 0 Å². The summed E-state index contributed by atoms with van der Waals surface area (Å²) in [6, 6.07) is 0. The Morgan fingerprint density at radius 1 is 0.882 bits per heavy atom. The third kappa shape index (κ3) is 3.45. The van der Waals surface area contributed by atoms with E-state index in [1.807, 2.05) is 27.7 Å². The lowest BCUT2D eigenvalue weighted by Crippen LogP contribution is -2.47. The van der Waals surface area contributed by atoms with Crippen molar-refractivity contribution in [2.75, 3.05) is 6.61 Å². The number of hydrogen-bond donors (Lipinski definition) is 1. The molecule has 12 atom stereocenters. The molecule has 4 aliphatic carbocycles. The fourth-order valence-electron chi connectivity index (χ4n) is 9.54. The number of ether oxygens (including phenoxy) is 1. The molecule has 0 aromatic rings. The number of aliphatic hydroxyl groups excluding tert-OH is 1. The standard InChI is InChI=1S/C28H40O6/c1-12-16-8-14(9-17(16)20(30)6-7-29)21(12)24-18-10-15(11-19(18)25(31)28(3,4)5)23(24)22-13(2)26(32)34-27(22)33/h12-19,21-24,29H,6-11H2,1-5H3. The lowest BCUT2D eigenvalue weighted by atomic mass is 9.56. The van der Waals surface area contributed by atoms with E-state index in [4.69, 9.17) is 4.74 Å². The summed E-state index contributed by atoms with van der Waals surface area (Å²) in [5, 5.41) is 9.28. The molecule has 4 saturated carbocycles. The third-order valence-electron chi connectivity index (χ3n) is 10.7. The first kappa shape index (κ1) is 24.1. The van der Waals surface area contributed by atoms with E-state index < -0.39 is 23.2 Å². The quantitative estimate of drug-likeness (QED) is 0.468. The Bertz CT molecular complexity index is 899. The fraction of sp³-hybridized carbons (Fsp3) is 0.857. The van der Waals surface area contributed by atoms with E-state index in [1.54, 1.807) is 0 Å². The average Bonchev–Trinajstić information content (AvgIpc) is 3.54. The van der Waals surface area contributed by atoms with Gasteiger partial charge < -0.3 is 9.84 Å². The number of ketones is 2. The monoisotopic (exact) mass is 472 g/mol. The van der Waals surface area contributed by atoms with Gasteiger partial charge in [-0.15, -0.1) is 0 Å². The number of aliphatic hydroxyl groups is 1. The number of carbonyl (C=O) groups excluding carboxylic acids is 4. The smallest absolute Gasteiger partial charge is 0.317 e. The van der Waals surface area contributed by atoms with Crippen LogP contribution in [0.25, 0.3) is 0 Å². The first-order valence-corrected chi connectivity index (χ1v) is 13.4. The number of carbonyl (C=O) groups is 4. The lowest BCUT2D eigenvalue weighted by molar-refractivity contribution is -0.154. The molecule has 1 aliphatic heterocycles. The summed E-state index contributed by atoms with van der Waals surface area (Å²) in [7, 11) is 0. The minimum absolute atomic E-state index is 0.0211. The van der Waals surface area contributed by atoms with Crippen LogP contribution in [0.4, 0.5) is 0 Å². The molecule has 1 N–H and O–H groups in total. The van der Waals surface area contributed by atoms with E-state index in [9.17, 15) is 24.3 Å². The molecule has 5 aliphatic rings. The van der Waals surface area contributed by atoms with Crippen molar-refractivity contribution < 1.29 is 29.0 Å². The van der Waals surface area contributed by atoms with Gasteiger partial charge in [-0.2, -0.15) is 0 Å². The molecule has 6 heteroatoms. The predicted molar refractivity (Wildman–Crippen MR) is 124 cm³/mol. The Kier molecular flexibility index (Phi) is 5.86. The summed E-state index contributed by atoms with van der Waals surface area (Å²) in [5.74, 6) is 1.22. The summed E-state index contributed by atoms with van der Waals surface area (Å²) >= 11 is 0. The van der Waals surface area contributed by atoms with Crippen LogP contribution >= 0.6 is 0 Å². The summed E-state index contributed by atoms with van der Waals surface area (Å²) in [4.78, 5) is 51.3. The van der Waals surface area contributed by atoms with Crippen LogP contribution in [0.15, 0.2) is 0 Å². The summed E-state index contributed by atoms with van der Waals surface area (Å²) < 4.78 is 5.10. The van der Waals surface area contributed by atoms with Gasteiger partial charge in [-0.3, -0.25) is 19.2 Å². The Labute approximate surface area is 202 Å². The van der Waals surface area contributed by atoms with Crippen LogP contribution in [-0.4, -0.2) is 35.2 Å². The molecule has 0 radical (unpaired) electrons. The molecule has 5 rings (SSSR count). The molecule has 1 heterocycles. The van der Waals surface area contributed by atoms with Gasteiger partial charge >= 0.3 is 11.9 Å². The van der Waals surface area contributed by atoms with E-state index in [0.29, 0.717) is 29.5 Å². The highest BCUT2D eigenvalue weighted by Gasteiger charge is 2.66. The molecule has 0 aromatic carbocycles. The minimum atomic E-state index is -0.427. The Morgan fingerprint density at radius 3 is 2.06 bits per heavy atom. The molecule has 188 valence electrons. The fourth-order valence-corrected chi connectivity index (χ4v) is 9.54. The highest BCUT2D eigenvalue weighted by atomic mass is 16.6. The molecule has 12 unspecified atom stereocenters. The molecule has 6 nitrogen and oxygen atoms in total. The van der Waals surface area contributed by atoms with Crippen LogP contribution in [0.5, 0.6) is 0 Å². The van der Waals surface area contributed by atoms with Gasteiger partial charge in [-0.1, -0.05) is 34.6 Å². The maximum Gasteiger partial charge on any atom is 0.317 e. The second kappa shape index (κ2) is 8.25.